The van der Waals surface area contributed by atoms with E-state index in [1.807, 2.05) is 25.1 Å². The fourth-order valence-corrected chi connectivity index (χ4v) is 5.26. The molecule has 1 aromatic carbocycles. The molecular weight excluding hydrogens is 461 g/mol. The highest BCUT2D eigenvalue weighted by Crippen LogP contribution is 2.38. The summed E-state index contributed by atoms with van der Waals surface area (Å²) >= 11 is 1.55. The number of fused-ring (bicyclic) bond motifs is 1. The summed E-state index contributed by atoms with van der Waals surface area (Å²) in [7, 11) is 3.26. The summed E-state index contributed by atoms with van der Waals surface area (Å²) in [6.07, 6.45) is 3.64. The number of amides is 1. The molecular formula is C28H30FN3O2S. The van der Waals surface area contributed by atoms with Gasteiger partial charge in [-0.05, 0) is 47.2 Å². The van der Waals surface area contributed by atoms with Crippen LogP contribution in [0.15, 0.2) is 47.5 Å². The maximum Gasteiger partial charge on any atom is 0.264 e. The number of pyridine rings is 1. The molecule has 3 heterocycles. The second-order valence-electron chi connectivity index (χ2n) is 9.60. The smallest absolute Gasteiger partial charge is 0.264 e. The van der Waals surface area contributed by atoms with Crippen molar-refractivity contribution in [3.05, 3.63) is 74.9 Å². The predicted octanol–water partition coefficient (Wildman–Crippen LogP) is 6.52. The Morgan fingerprint density at radius 2 is 2.00 bits per heavy atom. The van der Waals surface area contributed by atoms with Crippen molar-refractivity contribution in [1.82, 2.24) is 9.88 Å². The molecule has 0 unspecified atom stereocenters. The van der Waals surface area contributed by atoms with Crippen LogP contribution in [0.25, 0.3) is 16.7 Å². The lowest BCUT2D eigenvalue weighted by Crippen LogP contribution is -2.24. The zero-order valence-electron chi connectivity index (χ0n) is 21.0. The molecule has 2 aromatic heterocycles. The van der Waals surface area contributed by atoms with Crippen molar-refractivity contribution < 1.29 is 13.9 Å². The lowest BCUT2D eigenvalue weighted by atomic mass is 9.94. The third-order valence-corrected chi connectivity index (χ3v) is 7.62. The lowest BCUT2D eigenvalue weighted by Gasteiger charge is -2.19. The molecule has 0 aliphatic carbocycles. The van der Waals surface area contributed by atoms with E-state index in [0.717, 1.165) is 21.6 Å². The molecule has 1 amide bonds. The van der Waals surface area contributed by atoms with Gasteiger partial charge in [0.05, 0.1) is 17.7 Å². The highest BCUT2D eigenvalue weighted by molar-refractivity contribution is 7.14. The summed E-state index contributed by atoms with van der Waals surface area (Å²) < 4.78 is 20.6. The zero-order valence-corrected chi connectivity index (χ0v) is 21.8. The summed E-state index contributed by atoms with van der Waals surface area (Å²) in [5, 5.41) is 0. The van der Waals surface area contributed by atoms with E-state index >= 15 is 4.39 Å². The SMILES string of the molecule is C/C=C(\C=NC)c1cc(-c2ccc(CN3Cc4cc(C(C)(C)C)sc4C3=O)c(F)c2)cc(OC)n1. The molecule has 35 heavy (non-hydrogen) atoms. The molecule has 0 bridgehead atoms. The first-order chi connectivity index (χ1) is 16.6. The molecule has 0 atom stereocenters. The molecule has 0 radical (unpaired) electrons. The van der Waals surface area contributed by atoms with E-state index < -0.39 is 0 Å². The molecule has 1 aliphatic heterocycles. The van der Waals surface area contributed by atoms with Crippen molar-refractivity contribution in [2.45, 2.75) is 46.2 Å². The molecule has 7 heteroatoms. The molecule has 3 aromatic rings. The number of nitrogens with zero attached hydrogens (tertiary/aromatic N) is 3. The molecule has 0 spiro atoms. The van der Waals surface area contributed by atoms with Crippen molar-refractivity contribution in [2.24, 2.45) is 4.99 Å². The minimum absolute atomic E-state index is 0.00852. The van der Waals surface area contributed by atoms with Crippen molar-refractivity contribution in [2.75, 3.05) is 14.2 Å². The van der Waals surface area contributed by atoms with E-state index in [-0.39, 0.29) is 23.7 Å². The fraction of sp³-hybridized carbons (Fsp3) is 0.321. The van der Waals surface area contributed by atoms with Crippen molar-refractivity contribution in [3.8, 4) is 17.0 Å². The van der Waals surface area contributed by atoms with Gasteiger partial charge in [-0.25, -0.2) is 9.37 Å². The minimum atomic E-state index is -0.348. The molecule has 0 saturated heterocycles. The molecule has 0 fully saturated rings. The summed E-state index contributed by atoms with van der Waals surface area (Å²) in [6, 6.07) is 10.9. The lowest BCUT2D eigenvalue weighted by molar-refractivity contribution is 0.0768. The number of hydrogen-bond donors (Lipinski definition) is 0. The van der Waals surface area contributed by atoms with Gasteiger partial charge in [0.15, 0.2) is 0 Å². The monoisotopic (exact) mass is 491 g/mol. The fourth-order valence-electron chi connectivity index (χ4n) is 4.06. The van der Waals surface area contributed by atoms with Crippen LogP contribution in [0.4, 0.5) is 4.39 Å². The number of rotatable bonds is 6. The first-order valence-electron chi connectivity index (χ1n) is 11.5. The van der Waals surface area contributed by atoms with Gasteiger partial charge < -0.3 is 9.64 Å². The number of aromatic nitrogens is 1. The second-order valence-corrected chi connectivity index (χ2v) is 10.6. The van der Waals surface area contributed by atoms with Gasteiger partial charge in [-0.15, -0.1) is 11.3 Å². The van der Waals surface area contributed by atoms with E-state index in [4.69, 9.17) is 4.74 Å². The van der Waals surface area contributed by atoms with Gasteiger partial charge in [-0.1, -0.05) is 39.0 Å². The highest BCUT2D eigenvalue weighted by Gasteiger charge is 2.32. The number of hydrogen-bond acceptors (Lipinski definition) is 5. The number of thiophene rings is 1. The number of carbonyl (C=O) groups is 1. The van der Waals surface area contributed by atoms with E-state index in [2.05, 4.69) is 36.8 Å². The molecule has 1 aliphatic rings. The molecule has 5 nitrogen and oxygen atoms in total. The molecule has 4 rings (SSSR count). The summed E-state index contributed by atoms with van der Waals surface area (Å²) in [4.78, 5) is 25.2. The summed E-state index contributed by atoms with van der Waals surface area (Å²) in [6.45, 7) is 9.09. The first kappa shape index (κ1) is 24.8. The number of carbonyl (C=O) groups excluding carboxylic acids is 1. The Kier molecular flexibility index (Phi) is 6.90. The Morgan fingerprint density at radius 3 is 2.60 bits per heavy atom. The Bertz CT molecular complexity index is 1330. The van der Waals surface area contributed by atoms with Crippen LogP contribution in [-0.2, 0) is 18.5 Å². The molecule has 0 N–H and O–H groups in total. The minimum Gasteiger partial charge on any atom is -0.481 e. The number of benzene rings is 1. The number of aliphatic imine (C=N–C) groups is 1. The average molecular weight is 492 g/mol. The van der Waals surface area contributed by atoms with Gasteiger partial charge in [0.25, 0.3) is 5.91 Å². The first-order valence-corrected chi connectivity index (χ1v) is 12.3. The third kappa shape index (κ3) is 5.05. The number of halogens is 1. The van der Waals surface area contributed by atoms with Crippen LogP contribution in [0.2, 0.25) is 0 Å². The van der Waals surface area contributed by atoms with Crippen molar-refractivity contribution in [3.63, 3.8) is 0 Å². The maximum atomic E-state index is 15.2. The van der Waals surface area contributed by atoms with E-state index in [1.165, 1.54) is 10.9 Å². The van der Waals surface area contributed by atoms with Crippen LogP contribution in [0, 0.1) is 5.82 Å². The van der Waals surface area contributed by atoms with Crippen LogP contribution in [0.3, 0.4) is 0 Å². The Balaban J connectivity index is 1.58. The zero-order chi connectivity index (χ0) is 25.3. The van der Waals surface area contributed by atoms with Gasteiger partial charge in [-0.2, -0.15) is 0 Å². The van der Waals surface area contributed by atoms with Gasteiger partial charge in [0, 0.05) is 48.4 Å². The predicted molar refractivity (Wildman–Crippen MR) is 141 cm³/mol. The third-order valence-electron chi connectivity index (χ3n) is 6.02. The van der Waals surface area contributed by atoms with Crippen LogP contribution in [0.1, 0.15) is 59.1 Å². The standard InChI is InChI=1S/C28H30FN3O2S/c1-7-17(14-30-5)23-11-20(13-25(31-23)34-6)18-8-9-19(22(29)10-18)15-32-16-21-12-24(28(2,3)4)35-26(21)27(32)33/h7-14H,15-16H2,1-6H3/b17-7+,30-14?. The number of methoxy groups -OCH3 is 1. The Hall–Kier alpha value is -3.32. The Morgan fingerprint density at radius 1 is 1.23 bits per heavy atom. The van der Waals surface area contributed by atoms with Crippen LogP contribution in [-0.4, -0.2) is 36.2 Å². The maximum absolute atomic E-state index is 15.2. The molecule has 0 saturated carbocycles. The topological polar surface area (TPSA) is 54.8 Å². The normalized spacial score (nSPS) is 14.2. The van der Waals surface area contributed by atoms with E-state index in [1.54, 1.807) is 48.7 Å². The van der Waals surface area contributed by atoms with E-state index in [0.29, 0.717) is 29.2 Å². The van der Waals surface area contributed by atoms with Crippen LogP contribution < -0.4 is 4.74 Å². The highest BCUT2D eigenvalue weighted by atomic mass is 32.1. The van der Waals surface area contributed by atoms with Crippen LogP contribution in [0.5, 0.6) is 5.88 Å². The van der Waals surface area contributed by atoms with Crippen molar-refractivity contribution >= 4 is 29.0 Å². The largest absolute Gasteiger partial charge is 0.481 e. The number of allylic oxidation sites excluding steroid dienone is 2. The van der Waals surface area contributed by atoms with E-state index in [9.17, 15) is 4.79 Å². The van der Waals surface area contributed by atoms with Gasteiger partial charge >= 0.3 is 0 Å². The quantitative estimate of drug-likeness (QED) is 0.369. The van der Waals surface area contributed by atoms with Gasteiger partial charge in [0.2, 0.25) is 5.88 Å². The number of ether oxygens (including phenoxy) is 1. The van der Waals surface area contributed by atoms with Crippen molar-refractivity contribution in [1.29, 1.82) is 0 Å². The van der Waals surface area contributed by atoms with Gasteiger partial charge in [0.1, 0.15) is 5.82 Å². The molecule has 182 valence electrons. The summed E-state index contributed by atoms with van der Waals surface area (Å²) in [5.74, 6) is 0.0675. The Labute approximate surface area is 210 Å². The average Bonchev–Trinajstić information content (AvgIpc) is 3.38. The van der Waals surface area contributed by atoms with Gasteiger partial charge in [-0.3, -0.25) is 9.79 Å². The van der Waals surface area contributed by atoms with Crippen LogP contribution >= 0.6 is 11.3 Å². The second kappa shape index (κ2) is 9.74. The summed E-state index contributed by atoms with van der Waals surface area (Å²) in [5.41, 5.74) is 4.57.